The minimum atomic E-state index is -4.81. The molecule has 0 atom stereocenters. The molecule has 2 heterocycles. The lowest BCUT2D eigenvalue weighted by molar-refractivity contribution is -0.142. The van der Waals surface area contributed by atoms with Crippen LogP contribution in [0.3, 0.4) is 0 Å². The minimum Gasteiger partial charge on any atom is -0.317 e. The van der Waals surface area contributed by atoms with Crippen LogP contribution in [0.5, 0.6) is 0 Å². The van der Waals surface area contributed by atoms with Gasteiger partial charge in [-0.1, -0.05) is 23.7 Å². The van der Waals surface area contributed by atoms with Gasteiger partial charge < -0.3 is 5.32 Å². The quantitative estimate of drug-likeness (QED) is 0.313. The van der Waals surface area contributed by atoms with E-state index in [4.69, 9.17) is 11.6 Å². The maximum absolute atomic E-state index is 14.0. The van der Waals surface area contributed by atoms with Crippen LogP contribution in [0.1, 0.15) is 16.2 Å². The molecule has 32 heavy (non-hydrogen) atoms. The van der Waals surface area contributed by atoms with E-state index in [0.29, 0.717) is 21.2 Å². The van der Waals surface area contributed by atoms with Crippen LogP contribution >= 0.6 is 27.5 Å². The zero-order valence-electron chi connectivity index (χ0n) is 15.5. The SMILES string of the molecule is O=C(Nc1c(F)cc(F)cc1Br)c1cc2nc(-c3ccc(Cl)cc3)cc(C(F)(F)F)n2n1. The molecule has 4 rings (SSSR count). The van der Waals surface area contributed by atoms with Gasteiger partial charge in [-0.15, -0.1) is 0 Å². The summed E-state index contributed by atoms with van der Waals surface area (Å²) in [7, 11) is 0. The first-order valence-corrected chi connectivity index (χ1v) is 9.90. The Labute approximate surface area is 190 Å². The van der Waals surface area contributed by atoms with E-state index in [0.717, 1.165) is 18.2 Å². The third-order valence-electron chi connectivity index (χ3n) is 4.34. The predicted octanol–water partition coefficient (Wildman–Crippen LogP) is 6.36. The Bertz CT molecular complexity index is 1330. The molecule has 5 nitrogen and oxygen atoms in total. The van der Waals surface area contributed by atoms with Crippen LogP contribution in [0.2, 0.25) is 5.02 Å². The molecular formula is C20H9BrClF5N4O. The van der Waals surface area contributed by atoms with Crippen molar-refractivity contribution in [2.24, 2.45) is 0 Å². The number of nitrogens with one attached hydrogen (secondary N) is 1. The lowest BCUT2D eigenvalue weighted by atomic mass is 10.1. The number of fused-ring (bicyclic) bond motifs is 1. The minimum absolute atomic E-state index is 0.0133. The number of alkyl halides is 3. The highest BCUT2D eigenvalue weighted by Gasteiger charge is 2.35. The van der Waals surface area contributed by atoms with Gasteiger partial charge >= 0.3 is 6.18 Å². The summed E-state index contributed by atoms with van der Waals surface area (Å²) in [5.74, 6) is -2.97. The van der Waals surface area contributed by atoms with Gasteiger partial charge in [-0.2, -0.15) is 18.3 Å². The number of nitrogens with zero attached hydrogens (tertiary/aromatic N) is 3. The number of carbonyl (C=O) groups is 1. The van der Waals surface area contributed by atoms with Crippen molar-refractivity contribution >= 4 is 44.8 Å². The summed E-state index contributed by atoms with van der Waals surface area (Å²) in [4.78, 5) is 16.7. The fraction of sp³-hybridized carbons (Fsp3) is 0.0500. The molecule has 0 saturated heterocycles. The number of halogens is 7. The second-order valence-corrected chi connectivity index (χ2v) is 7.82. The van der Waals surface area contributed by atoms with Crippen molar-refractivity contribution in [3.05, 3.63) is 81.0 Å². The average Bonchev–Trinajstić information content (AvgIpc) is 3.13. The van der Waals surface area contributed by atoms with Crippen molar-refractivity contribution < 1.29 is 26.7 Å². The molecule has 0 fully saturated rings. The number of anilines is 1. The Kier molecular flexibility index (Phi) is 5.63. The number of hydrogen-bond acceptors (Lipinski definition) is 3. The Balaban J connectivity index is 1.79. The van der Waals surface area contributed by atoms with Crippen molar-refractivity contribution in [3.63, 3.8) is 0 Å². The molecule has 0 saturated carbocycles. The molecule has 2 aromatic heterocycles. The second kappa shape index (κ2) is 8.14. The van der Waals surface area contributed by atoms with Crippen molar-refractivity contribution in [3.8, 4) is 11.3 Å². The fourth-order valence-corrected chi connectivity index (χ4v) is 3.53. The van der Waals surface area contributed by atoms with Crippen LogP contribution in [-0.4, -0.2) is 20.5 Å². The molecule has 0 spiro atoms. The normalized spacial score (nSPS) is 11.7. The molecule has 2 aromatic carbocycles. The van der Waals surface area contributed by atoms with Crippen LogP contribution in [0.25, 0.3) is 16.9 Å². The van der Waals surface area contributed by atoms with Gasteiger partial charge in [-0.25, -0.2) is 18.3 Å². The van der Waals surface area contributed by atoms with E-state index in [2.05, 4.69) is 31.3 Å². The van der Waals surface area contributed by atoms with Crippen molar-refractivity contribution in [2.75, 3.05) is 5.32 Å². The largest absolute Gasteiger partial charge is 0.433 e. The molecule has 0 unspecified atom stereocenters. The number of rotatable bonds is 3. The maximum Gasteiger partial charge on any atom is 0.433 e. The van der Waals surface area contributed by atoms with Crippen LogP contribution in [-0.2, 0) is 6.18 Å². The topological polar surface area (TPSA) is 59.3 Å². The summed E-state index contributed by atoms with van der Waals surface area (Å²) in [6.07, 6.45) is -4.81. The third-order valence-corrected chi connectivity index (χ3v) is 5.21. The zero-order chi connectivity index (χ0) is 23.2. The number of aromatic nitrogens is 3. The van der Waals surface area contributed by atoms with Gasteiger partial charge in [0, 0.05) is 27.2 Å². The summed E-state index contributed by atoms with van der Waals surface area (Å²) < 4.78 is 68.7. The third kappa shape index (κ3) is 4.30. The number of amides is 1. The maximum atomic E-state index is 14.0. The number of carbonyl (C=O) groups excluding carboxylic acids is 1. The van der Waals surface area contributed by atoms with Crippen LogP contribution in [0, 0.1) is 11.6 Å². The van der Waals surface area contributed by atoms with Gasteiger partial charge in [0.15, 0.2) is 22.9 Å². The Morgan fingerprint density at radius 2 is 1.75 bits per heavy atom. The van der Waals surface area contributed by atoms with Gasteiger partial charge in [0.2, 0.25) is 0 Å². The Morgan fingerprint density at radius 3 is 2.38 bits per heavy atom. The molecule has 0 bridgehead atoms. The van der Waals surface area contributed by atoms with Gasteiger partial charge in [0.25, 0.3) is 5.91 Å². The predicted molar refractivity (Wildman–Crippen MR) is 110 cm³/mol. The highest BCUT2D eigenvalue weighted by molar-refractivity contribution is 9.10. The summed E-state index contributed by atoms with van der Waals surface area (Å²) in [5, 5.41) is 6.25. The molecule has 0 aliphatic carbocycles. The van der Waals surface area contributed by atoms with E-state index < -0.39 is 35.1 Å². The van der Waals surface area contributed by atoms with Crippen LogP contribution in [0.15, 0.2) is 53.0 Å². The van der Waals surface area contributed by atoms with E-state index in [9.17, 15) is 26.7 Å². The first kappa shape index (κ1) is 22.2. The number of hydrogen-bond donors (Lipinski definition) is 1. The number of benzene rings is 2. The van der Waals surface area contributed by atoms with E-state index in [1.807, 2.05) is 0 Å². The van der Waals surface area contributed by atoms with E-state index in [1.165, 1.54) is 24.3 Å². The zero-order valence-corrected chi connectivity index (χ0v) is 17.9. The average molecular weight is 532 g/mol. The summed E-state index contributed by atoms with van der Waals surface area (Å²) in [5.41, 5.74) is -1.91. The van der Waals surface area contributed by atoms with Crippen molar-refractivity contribution in [1.29, 1.82) is 0 Å². The molecule has 164 valence electrons. The van der Waals surface area contributed by atoms with Crippen LogP contribution < -0.4 is 5.32 Å². The molecule has 12 heteroatoms. The second-order valence-electron chi connectivity index (χ2n) is 6.53. The standard InChI is InChI=1S/C20H9BrClF5N4O/c21-12-5-11(23)6-13(24)18(12)29-19(32)15-8-17-28-14(9-1-3-10(22)4-2-9)7-16(20(25,26)27)31(17)30-15/h1-8H,(H,29,32). The molecule has 4 aromatic rings. The van der Waals surface area contributed by atoms with E-state index >= 15 is 0 Å². The Hall–Kier alpha value is -3.05. The molecular weight excluding hydrogens is 523 g/mol. The molecule has 1 N–H and O–H groups in total. The van der Waals surface area contributed by atoms with Gasteiger partial charge in [-0.3, -0.25) is 4.79 Å². The van der Waals surface area contributed by atoms with Crippen LogP contribution in [0.4, 0.5) is 27.6 Å². The van der Waals surface area contributed by atoms with Crippen molar-refractivity contribution in [1.82, 2.24) is 14.6 Å². The fourth-order valence-electron chi connectivity index (χ4n) is 2.90. The van der Waals surface area contributed by atoms with Gasteiger partial charge in [-0.05, 0) is 40.2 Å². The summed E-state index contributed by atoms with van der Waals surface area (Å²) >= 11 is 8.74. The molecule has 0 aliphatic heterocycles. The summed E-state index contributed by atoms with van der Waals surface area (Å²) in [6, 6.07) is 9.29. The summed E-state index contributed by atoms with van der Waals surface area (Å²) in [6.45, 7) is 0. The monoisotopic (exact) mass is 530 g/mol. The first-order chi connectivity index (χ1) is 15.0. The lowest BCUT2D eigenvalue weighted by Crippen LogP contribution is -2.16. The lowest BCUT2D eigenvalue weighted by Gasteiger charge is -2.11. The molecule has 0 radical (unpaired) electrons. The van der Waals surface area contributed by atoms with Gasteiger partial charge in [0.1, 0.15) is 5.82 Å². The smallest absolute Gasteiger partial charge is 0.317 e. The highest BCUT2D eigenvalue weighted by atomic mass is 79.9. The Morgan fingerprint density at radius 1 is 1.06 bits per heavy atom. The van der Waals surface area contributed by atoms with E-state index in [-0.39, 0.29) is 21.5 Å². The van der Waals surface area contributed by atoms with E-state index in [1.54, 1.807) is 0 Å². The van der Waals surface area contributed by atoms with Crippen molar-refractivity contribution in [2.45, 2.75) is 6.18 Å². The highest BCUT2D eigenvalue weighted by Crippen LogP contribution is 2.33. The van der Waals surface area contributed by atoms with Gasteiger partial charge in [0.05, 0.1) is 11.4 Å². The molecule has 0 aliphatic rings. The molecule has 1 amide bonds. The first-order valence-electron chi connectivity index (χ1n) is 8.73.